The number of hydrogen-bond acceptors (Lipinski definition) is 1. The summed E-state index contributed by atoms with van der Waals surface area (Å²) in [6.07, 6.45) is 4.93. The van der Waals surface area contributed by atoms with Gasteiger partial charge in [0.15, 0.2) is 0 Å². The molecule has 31 heavy (non-hydrogen) atoms. The second kappa shape index (κ2) is 6.04. The summed E-state index contributed by atoms with van der Waals surface area (Å²) in [5.74, 6) is 0. The van der Waals surface area contributed by atoms with Crippen molar-refractivity contribution in [1.82, 2.24) is 4.57 Å². The Morgan fingerprint density at radius 1 is 0.935 bits per heavy atom. The number of hydrogen-bond donors (Lipinski definition) is 0. The Bertz CT molecular complexity index is 1350. The molecule has 3 aliphatic rings. The first-order chi connectivity index (χ1) is 15.2. The first kappa shape index (κ1) is 18.1. The van der Waals surface area contributed by atoms with E-state index in [4.69, 9.17) is 0 Å². The second-order valence-electron chi connectivity index (χ2n) is 9.60. The van der Waals surface area contributed by atoms with Gasteiger partial charge < -0.3 is 9.47 Å². The molecule has 1 aromatic heterocycles. The van der Waals surface area contributed by atoms with Crippen LogP contribution >= 0.6 is 15.9 Å². The van der Waals surface area contributed by atoms with Crippen LogP contribution in [0.1, 0.15) is 41.6 Å². The Balaban J connectivity index is 1.56. The normalized spacial score (nSPS) is 25.5. The molecule has 0 N–H and O–H groups in total. The minimum absolute atomic E-state index is 0.0438. The minimum atomic E-state index is 0.0438. The van der Waals surface area contributed by atoms with E-state index in [9.17, 15) is 0 Å². The van der Waals surface area contributed by atoms with E-state index in [0.717, 1.165) is 13.0 Å². The smallest absolute Gasteiger partial charge is 0.0782 e. The maximum atomic E-state index is 3.80. The quantitative estimate of drug-likeness (QED) is 0.312. The molecule has 1 saturated carbocycles. The molecule has 154 valence electrons. The van der Waals surface area contributed by atoms with Crippen molar-refractivity contribution < 1.29 is 0 Å². The third-order valence-electron chi connectivity index (χ3n) is 8.45. The molecular formula is C28H25BrN2. The molecule has 3 aromatic carbocycles. The van der Waals surface area contributed by atoms with Gasteiger partial charge in [0.25, 0.3) is 0 Å². The summed E-state index contributed by atoms with van der Waals surface area (Å²) in [4.78, 5) is 2.79. The Morgan fingerprint density at radius 3 is 2.61 bits per heavy atom. The van der Waals surface area contributed by atoms with Crippen LogP contribution in [0.3, 0.4) is 0 Å². The first-order valence-electron chi connectivity index (χ1n) is 11.3. The van der Waals surface area contributed by atoms with Crippen LogP contribution in [0, 0.1) is 0 Å². The summed E-state index contributed by atoms with van der Waals surface area (Å²) < 4.78 is 3.68. The van der Waals surface area contributed by atoms with Gasteiger partial charge in [-0.3, -0.25) is 0 Å². The zero-order valence-electron chi connectivity index (χ0n) is 17.7. The van der Waals surface area contributed by atoms with Crippen molar-refractivity contribution >= 4 is 32.5 Å². The van der Waals surface area contributed by atoms with Gasteiger partial charge in [-0.05, 0) is 54.7 Å². The van der Waals surface area contributed by atoms with E-state index in [0.29, 0.717) is 0 Å². The molecule has 1 aliphatic heterocycles. The van der Waals surface area contributed by atoms with E-state index in [1.54, 1.807) is 16.8 Å². The molecule has 2 nitrogen and oxygen atoms in total. The highest BCUT2D eigenvalue weighted by Crippen LogP contribution is 2.71. The van der Waals surface area contributed by atoms with Gasteiger partial charge in [0.2, 0.25) is 0 Å². The van der Waals surface area contributed by atoms with E-state index in [1.165, 1.54) is 45.9 Å². The van der Waals surface area contributed by atoms with Crippen LogP contribution in [0.2, 0.25) is 0 Å². The number of aryl methyl sites for hydroxylation is 1. The predicted molar refractivity (Wildman–Crippen MR) is 131 cm³/mol. The van der Waals surface area contributed by atoms with Gasteiger partial charge in [-0.1, -0.05) is 64.5 Å². The molecule has 0 unspecified atom stereocenters. The summed E-state index contributed by atoms with van der Waals surface area (Å²) in [6.45, 7) is 0.958. The van der Waals surface area contributed by atoms with E-state index in [2.05, 4.69) is 105 Å². The van der Waals surface area contributed by atoms with Gasteiger partial charge in [0.05, 0.1) is 5.54 Å². The molecule has 4 aromatic rings. The highest BCUT2D eigenvalue weighted by Gasteiger charge is 2.69. The zero-order chi connectivity index (χ0) is 20.8. The van der Waals surface area contributed by atoms with Gasteiger partial charge in [0, 0.05) is 57.7 Å². The first-order valence-corrected chi connectivity index (χ1v) is 12.1. The Morgan fingerprint density at radius 2 is 1.74 bits per heavy atom. The summed E-state index contributed by atoms with van der Waals surface area (Å²) in [7, 11) is 2.27. The largest absolute Gasteiger partial charge is 0.356 e. The number of para-hydroxylation sites is 1. The summed E-state index contributed by atoms with van der Waals surface area (Å²) in [5, 5.41) is 1.45. The van der Waals surface area contributed by atoms with Gasteiger partial charge in [-0.2, -0.15) is 0 Å². The van der Waals surface area contributed by atoms with Crippen LogP contribution in [0.15, 0.2) is 77.3 Å². The molecule has 2 heterocycles. The van der Waals surface area contributed by atoms with Crippen molar-refractivity contribution in [1.29, 1.82) is 0 Å². The monoisotopic (exact) mass is 468 g/mol. The zero-order valence-corrected chi connectivity index (χ0v) is 19.3. The summed E-state index contributed by atoms with van der Waals surface area (Å²) in [5.41, 5.74) is 9.12. The number of fused-ring (bicyclic) bond motifs is 4. The average Bonchev–Trinajstić information content (AvgIpc) is 3.44. The van der Waals surface area contributed by atoms with Crippen molar-refractivity contribution in [2.24, 2.45) is 7.05 Å². The van der Waals surface area contributed by atoms with Crippen LogP contribution in [0.25, 0.3) is 10.9 Å². The van der Waals surface area contributed by atoms with Crippen LogP contribution < -0.4 is 4.90 Å². The van der Waals surface area contributed by atoms with Crippen molar-refractivity contribution in [2.45, 2.75) is 43.2 Å². The lowest BCUT2D eigenvalue weighted by Crippen LogP contribution is -2.49. The van der Waals surface area contributed by atoms with Crippen molar-refractivity contribution in [2.75, 3.05) is 4.90 Å². The van der Waals surface area contributed by atoms with Crippen molar-refractivity contribution in [3.05, 3.63) is 99.7 Å². The molecule has 0 radical (unpaired) electrons. The molecule has 1 fully saturated rings. The Kier molecular flexibility index (Phi) is 3.52. The average molecular weight is 469 g/mol. The van der Waals surface area contributed by atoms with Crippen LogP contribution in [-0.2, 0) is 31.0 Å². The fourth-order valence-corrected chi connectivity index (χ4v) is 7.75. The summed E-state index contributed by atoms with van der Waals surface area (Å²) >= 11 is 3.80. The molecule has 0 amide bonds. The number of aromatic nitrogens is 1. The van der Waals surface area contributed by atoms with Crippen molar-refractivity contribution in [3.8, 4) is 0 Å². The van der Waals surface area contributed by atoms with E-state index in [-0.39, 0.29) is 11.0 Å². The Hall–Kier alpha value is -2.52. The number of halogens is 1. The van der Waals surface area contributed by atoms with E-state index in [1.807, 2.05) is 0 Å². The third kappa shape index (κ3) is 2.04. The standard InChI is InChI=1S/C28H25BrN2/c1-30-23-11-6-5-10-21(23)26-25(30)17-27-14-7-15-28(26,27)31(18-19-8-3-2-4-9-19)24-13-12-20(29)16-22(24)27/h2-6,8-13,16H,7,14-15,17-18H2,1H3/t27-,28-/m1/s1. The molecule has 2 aliphatic carbocycles. The van der Waals surface area contributed by atoms with E-state index >= 15 is 0 Å². The van der Waals surface area contributed by atoms with Gasteiger partial charge >= 0.3 is 0 Å². The lowest BCUT2D eigenvalue weighted by Gasteiger charge is -2.43. The van der Waals surface area contributed by atoms with Crippen LogP contribution in [0.4, 0.5) is 5.69 Å². The van der Waals surface area contributed by atoms with E-state index < -0.39 is 0 Å². The number of anilines is 1. The topological polar surface area (TPSA) is 8.17 Å². The molecule has 2 atom stereocenters. The number of nitrogens with zero attached hydrogens (tertiary/aromatic N) is 2. The maximum Gasteiger partial charge on any atom is 0.0782 e. The highest BCUT2D eigenvalue weighted by atomic mass is 79.9. The number of benzene rings is 3. The minimum Gasteiger partial charge on any atom is -0.356 e. The van der Waals surface area contributed by atoms with Crippen LogP contribution in [-0.4, -0.2) is 4.57 Å². The molecule has 3 heteroatoms. The fraction of sp³-hybridized carbons (Fsp3) is 0.286. The summed E-state index contributed by atoms with van der Waals surface area (Å²) in [6, 6.07) is 27.1. The molecule has 0 spiro atoms. The predicted octanol–water partition coefficient (Wildman–Crippen LogP) is 6.83. The van der Waals surface area contributed by atoms with Crippen molar-refractivity contribution in [3.63, 3.8) is 0 Å². The van der Waals surface area contributed by atoms with Gasteiger partial charge in [-0.15, -0.1) is 0 Å². The second-order valence-corrected chi connectivity index (χ2v) is 10.5. The molecular weight excluding hydrogens is 444 g/mol. The van der Waals surface area contributed by atoms with Gasteiger partial charge in [0.1, 0.15) is 0 Å². The molecule has 0 bridgehead atoms. The SMILES string of the molecule is Cn1c2c(c3ccccc31)[C@]13CCC[C@@]1(C2)c1cc(Br)ccc1N3Cc1ccccc1. The number of rotatable bonds is 2. The highest BCUT2D eigenvalue weighted by molar-refractivity contribution is 9.10. The lowest BCUT2D eigenvalue weighted by molar-refractivity contribution is 0.293. The third-order valence-corrected chi connectivity index (χ3v) is 8.95. The Labute approximate surface area is 191 Å². The molecule has 0 saturated heterocycles. The van der Waals surface area contributed by atoms with Crippen LogP contribution in [0.5, 0.6) is 0 Å². The maximum absolute atomic E-state index is 3.80. The fourth-order valence-electron chi connectivity index (χ4n) is 7.39. The van der Waals surface area contributed by atoms with Gasteiger partial charge in [-0.25, -0.2) is 0 Å². The lowest BCUT2D eigenvalue weighted by atomic mass is 9.70. The molecule has 7 rings (SSSR count).